The Balaban J connectivity index is 2.79. The van der Waals surface area contributed by atoms with E-state index < -0.39 is 9.84 Å². The monoisotopic (exact) mass is 357 g/mol. The van der Waals surface area contributed by atoms with Gasteiger partial charge in [-0.05, 0) is 22.5 Å². The first kappa shape index (κ1) is 18.3. The maximum absolute atomic E-state index is 12.2. The Kier molecular flexibility index (Phi) is 4.59. The second-order valence-corrected chi connectivity index (χ2v) is 9.93. The number of halogens is 1. The molecule has 0 saturated heterocycles. The van der Waals surface area contributed by atoms with Gasteiger partial charge in [-0.3, -0.25) is 0 Å². The molecule has 128 valence electrons. The van der Waals surface area contributed by atoms with Crippen molar-refractivity contribution >= 4 is 27.1 Å². The molecule has 1 aromatic carbocycles. The number of oxime groups is 1. The molecule has 1 aliphatic heterocycles. The van der Waals surface area contributed by atoms with Crippen molar-refractivity contribution in [3.63, 3.8) is 0 Å². The molecule has 1 aliphatic rings. The van der Waals surface area contributed by atoms with Crippen molar-refractivity contribution in [1.29, 1.82) is 0 Å². The molecule has 2 rings (SSSR count). The topological polar surface area (TPSA) is 55.7 Å². The summed E-state index contributed by atoms with van der Waals surface area (Å²) in [6.45, 7) is 11.1. The molecule has 0 aromatic heterocycles. The molecule has 6 heteroatoms. The van der Waals surface area contributed by atoms with Gasteiger partial charge in [0, 0.05) is 18.2 Å². The lowest BCUT2D eigenvalue weighted by Gasteiger charge is -2.40. The first-order chi connectivity index (χ1) is 10.4. The third-order valence-corrected chi connectivity index (χ3v) is 6.48. The number of hydrogen-bond acceptors (Lipinski definition) is 4. The summed E-state index contributed by atoms with van der Waals surface area (Å²) in [5, 5.41) is 4.45. The molecule has 0 saturated carbocycles. The first-order valence-electron chi connectivity index (χ1n) is 7.59. The molecule has 0 bridgehead atoms. The van der Waals surface area contributed by atoms with E-state index in [1.54, 1.807) is 6.07 Å². The third kappa shape index (κ3) is 3.26. The maximum Gasteiger partial charge on any atom is 0.176 e. The lowest BCUT2D eigenvalue weighted by atomic mass is 9.65. The summed E-state index contributed by atoms with van der Waals surface area (Å²) in [5.74, 6) is 0. The molecular formula is C17H24ClNO3S. The highest BCUT2D eigenvalue weighted by Crippen LogP contribution is 2.45. The Bertz CT molecular complexity index is 759. The number of rotatable bonds is 3. The molecule has 0 amide bonds. The van der Waals surface area contributed by atoms with E-state index in [2.05, 4.69) is 39.8 Å². The van der Waals surface area contributed by atoms with Crippen LogP contribution in [0.5, 0.6) is 0 Å². The zero-order valence-electron chi connectivity index (χ0n) is 14.5. The van der Waals surface area contributed by atoms with Crippen LogP contribution in [0.1, 0.15) is 52.2 Å². The van der Waals surface area contributed by atoms with Gasteiger partial charge in [0.1, 0.15) is 6.61 Å². The normalized spacial score (nSPS) is 16.2. The second kappa shape index (κ2) is 5.78. The van der Waals surface area contributed by atoms with Gasteiger partial charge in [0.2, 0.25) is 0 Å². The first-order valence-corrected chi connectivity index (χ1v) is 9.86. The summed E-state index contributed by atoms with van der Waals surface area (Å²) in [6, 6.07) is 3.46. The fourth-order valence-corrected chi connectivity index (χ4v) is 3.98. The van der Waals surface area contributed by atoms with E-state index in [4.69, 9.17) is 16.4 Å². The van der Waals surface area contributed by atoms with E-state index in [1.165, 1.54) is 6.26 Å². The zero-order chi connectivity index (χ0) is 17.6. The second-order valence-electron chi connectivity index (χ2n) is 7.57. The van der Waals surface area contributed by atoms with E-state index in [1.807, 2.05) is 6.07 Å². The molecule has 1 heterocycles. The molecule has 1 aromatic rings. The van der Waals surface area contributed by atoms with E-state index in [0.29, 0.717) is 29.3 Å². The van der Waals surface area contributed by atoms with Gasteiger partial charge in [0.25, 0.3) is 0 Å². The molecule has 4 nitrogen and oxygen atoms in total. The van der Waals surface area contributed by atoms with Crippen LogP contribution in [0.15, 0.2) is 22.2 Å². The summed E-state index contributed by atoms with van der Waals surface area (Å²) in [4.78, 5) is 5.27. The van der Waals surface area contributed by atoms with Crippen molar-refractivity contribution in [2.75, 3.05) is 12.9 Å². The van der Waals surface area contributed by atoms with Crippen molar-refractivity contribution in [3.05, 3.63) is 28.3 Å². The van der Waals surface area contributed by atoms with Crippen LogP contribution in [0, 0.1) is 5.41 Å². The van der Waals surface area contributed by atoms with E-state index in [9.17, 15) is 8.42 Å². The Morgan fingerprint density at radius 2 is 1.78 bits per heavy atom. The van der Waals surface area contributed by atoms with Crippen molar-refractivity contribution in [2.24, 2.45) is 10.6 Å². The molecule has 0 spiro atoms. The van der Waals surface area contributed by atoms with Crippen molar-refractivity contribution in [3.8, 4) is 0 Å². The number of nitrogens with zero attached hydrogens (tertiary/aromatic N) is 1. The van der Waals surface area contributed by atoms with Crippen LogP contribution in [-0.4, -0.2) is 27.0 Å². The fourth-order valence-electron chi connectivity index (χ4n) is 2.51. The van der Waals surface area contributed by atoms with Crippen molar-refractivity contribution in [1.82, 2.24) is 0 Å². The summed E-state index contributed by atoms with van der Waals surface area (Å²) in [7, 11) is -3.41. The van der Waals surface area contributed by atoms with Crippen molar-refractivity contribution < 1.29 is 13.3 Å². The lowest BCUT2D eigenvalue weighted by Crippen LogP contribution is -2.34. The minimum Gasteiger partial charge on any atom is -0.395 e. The van der Waals surface area contributed by atoms with Crippen LogP contribution >= 0.6 is 11.6 Å². The molecule has 0 fully saturated rings. The molecule has 0 radical (unpaired) electrons. The molecule has 0 N–H and O–H groups in total. The molecule has 0 aliphatic carbocycles. The lowest BCUT2D eigenvalue weighted by molar-refractivity contribution is 0.174. The minimum absolute atomic E-state index is 0.0471. The van der Waals surface area contributed by atoms with Gasteiger partial charge >= 0.3 is 0 Å². The highest BCUT2D eigenvalue weighted by Gasteiger charge is 2.38. The zero-order valence-corrected chi connectivity index (χ0v) is 16.1. The van der Waals surface area contributed by atoms with E-state index in [0.717, 1.165) is 5.56 Å². The van der Waals surface area contributed by atoms with Gasteiger partial charge in [-0.25, -0.2) is 8.42 Å². The van der Waals surface area contributed by atoms with Gasteiger partial charge in [-0.15, -0.1) is 0 Å². The Morgan fingerprint density at radius 1 is 1.17 bits per heavy atom. The molecule has 23 heavy (non-hydrogen) atoms. The van der Waals surface area contributed by atoms with Crippen LogP contribution in [0.2, 0.25) is 5.02 Å². The SMILES string of the molecule is CC(C)(C)C(C)(C)c1ccc(S(C)(=O)=O)c(C2=NOCC2)c1Cl. The third-order valence-electron chi connectivity index (χ3n) is 4.95. The van der Waals surface area contributed by atoms with Crippen LogP contribution < -0.4 is 0 Å². The average molecular weight is 358 g/mol. The number of benzene rings is 1. The number of hydrogen-bond donors (Lipinski definition) is 0. The summed E-state index contributed by atoms with van der Waals surface area (Å²) in [5.41, 5.74) is 1.72. The maximum atomic E-state index is 12.2. The van der Waals surface area contributed by atoms with E-state index >= 15 is 0 Å². The predicted octanol–water partition coefficient (Wildman–Crippen LogP) is 4.19. The largest absolute Gasteiger partial charge is 0.395 e. The Morgan fingerprint density at radius 3 is 2.22 bits per heavy atom. The van der Waals surface area contributed by atoms with Gasteiger partial charge in [0.15, 0.2) is 9.84 Å². The predicted molar refractivity (Wildman–Crippen MR) is 94.1 cm³/mol. The van der Waals surface area contributed by atoms with E-state index in [-0.39, 0.29) is 15.7 Å². The Hall–Kier alpha value is -1.07. The van der Waals surface area contributed by atoms with Gasteiger partial charge in [0.05, 0.1) is 15.6 Å². The standard InChI is InChI=1S/C17H24ClNO3S/c1-16(2,3)17(4,5)11-7-8-13(23(6,20)21)14(15(11)18)12-9-10-22-19-12/h7-8H,9-10H2,1-6H3. The summed E-state index contributed by atoms with van der Waals surface area (Å²) >= 11 is 6.69. The summed E-state index contributed by atoms with van der Waals surface area (Å²) in [6.07, 6.45) is 1.74. The average Bonchev–Trinajstić information content (AvgIpc) is 2.88. The smallest absolute Gasteiger partial charge is 0.176 e. The van der Waals surface area contributed by atoms with Gasteiger partial charge in [-0.1, -0.05) is 57.4 Å². The van der Waals surface area contributed by atoms with Crippen LogP contribution in [0.3, 0.4) is 0 Å². The highest BCUT2D eigenvalue weighted by atomic mass is 35.5. The van der Waals surface area contributed by atoms with Crippen LogP contribution in [0.25, 0.3) is 0 Å². The molecular weight excluding hydrogens is 334 g/mol. The highest BCUT2D eigenvalue weighted by molar-refractivity contribution is 7.90. The van der Waals surface area contributed by atoms with Crippen LogP contribution in [0.4, 0.5) is 0 Å². The molecule has 0 atom stereocenters. The van der Waals surface area contributed by atoms with Gasteiger partial charge in [-0.2, -0.15) is 0 Å². The fraction of sp³-hybridized carbons (Fsp3) is 0.588. The quantitative estimate of drug-likeness (QED) is 0.814. The van der Waals surface area contributed by atoms with Crippen molar-refractivity contribution in [2.45, 2.75) is 51.3 Å². The minimum atomic E-state index is -3.41. The molecule has 0 unspecified atom stereocenters. The summed E-state index contributed by atoms with van der Waals surface area (Å²) < 4.78 is 24.3. The number of sulfone groups is 1. The Labute approximate surface area is 143 Å². The van der Waals surface area contributed by atoms with Gasteiger partial charge < -0.3 is 4.84 Å². The van der Waals surface area contributed by atoms with Crippen LogP contribution in [-0.2, 0) is 20.1 Å².